The summed E-state index contributed by atoms with van der Waals surface area (Å²) in [5.74, 6) is 1.29. The first-order chi connectivity index (χ1) is 11.8. The molecule has 0 aliphatic carbocycles. The van der Waals surface area contributed by atoms with Crippen molar-refractivity contribution in [3.8, 4) is 5.75 Å². The first-order valence-corrected chi connectivity index (χ1v) is 8.62. The second-order valence-corrected chi connectivity index (χ2v) is 7.16. The molecule has 25 heavy (non-hydrogen) atoms. The Morgan fingerprint density at radius 1 is 1.16 bits per heavy atom. The molecule has 0 radical (unpaired) electrons. The van der Waals surface area contributed by atoms with E-state index in [0.717, 1.165) is 5.75 Å². The number of rotatable bonds is 6. The molecule has 0 aliphatic rings. The second kappa shape index (κ2) is 8.72. The summed E-state index contributed by atoms with van der Waals surface area (Å²) >= 11 is 5.74. The number of anilines is 1. The Kier molecular flexibility index (Phi) is 6.65. The van der Waals surface area contributed by atoms with E-state index in [-0.39, 0.29) is 11.4 Å². The predicted molar refractivity (Wildman–Crippen MR) is 102 cm³/mol. The average molecular weight is 362 g/mol. The van der Waals surface area contributed by atoms with Crippen molar-refractivity contribution >= 4 is 23.4 Å². The lowest BCUT2D eigenvalue weighted by Gasteiger charge is -2.19. The summed E-state index contributed by atoms with van der Waals surface area (Å²) in [6.45, 7) is 7.59. The standard InChI is InChI=1S/C19H24ClN3O2/c1-19(2,3)14-5-8-16(9-6-14)25-12-4-11-21-18(24)23-17-10-7-15(20)13-22-17/h5-10,13H,4,11-12H2,1-3H3,(H2,21,22,23,24). The molecule has 1 aromatic carbocycles. The molecule has 1 aromatic heterocycles. The summed E-state index contributed by atoms with van der Waals surface area (Å²) in [6.07, 6.45) is 2.19. The highest BCUT2D eigenvalue weighted by molar-refractivity contribution is 6.30. The normalized spacial score (nSPS) is 11.0. The quantitative estimate of drug-likeness (QED) is 0.738. The fourth-order valence-corrected chi connectivity index (χ4v) is 2.24. The van der Waals surface area contributed by atoms with E-state index in [9.17, 15) is 4.79 Å². The number of aromatic nitrogens is 1. The zero-order chi connectivity index (χ0) is 18.3. The number of nitrogens with one attached hydrogen (secondary N) is 2. The summed E-state index contributed by atoms with van der Waals surface area (Å²) in [5.41, 5.74) is 1.41. The van der Waals surface area contributed by atoms with Gasteiger partial charge in [0.2, 0.25) is 0 Å². The molecule has 0 saturated heterocycles. The van der Waals surface area contributed by atoms with Crippen LogP contribution in [0.2, 0.25) is 5.02 Å². The van der Waals surface area contributed by atoms with E-state index in [0.29, 0.717) is 30.4 Å². The van der Waals surface area contributed by atoms with Crippen LogP contribution in [-0.2, 0) is 5.41 Å². The molecule has 0 spiro atoms. The minimum absolute atomic E-state index is 0.134. The zero-order valence-electron chi connectivity index (χ0n) is 14.8. The van der Waals surface area contributed by atoms with E-state index in [1.54, 1.807) is 12.1 Å². The van der Waals surface area contributed by atoms with Crippen LogP contribution in [0.15, 0.2) is 42.6 Å². The molecule has 0 saturated carbocycles. The van der Waals surface area contributed by atoms with Crippen molar-refractivity contribution in [2.45, 2.75) is 32.6 Å². The van der Waals surface area contributed by atoms with Crippen LogP contribution in [0.25, 0.3) is 0 Å². The van der Waals surface area contributed by atoms with Crippen molar-refractivity contribution in [3.63, 3.8) is 0 Å². The number of carbonyl (C=O) groups is 1. The van der Waals surface area contributed by atoms with Gasteiger partial charge in [0.05, 0.1) is 11.6 Å². The molecular formula is C19H24ClN3O2. The van der Waals surface area contributed by atoms with Gasteiger partial charge in [0.1, 0.15) is 11.6 Å². The molecule has 134 valence electrons. The predicted octanol–water partition coefficient (Wildman–Crippen LogP) is 4.62. The van der Waals surface area contributed by atoms with Gasteiger partial charge in [-0.15, -0.1) is 0 Å². The van der Waals surface area contributed by atoms with Gasteiger partial charge in [0, 0.05) is 12.7 Å². The monoisotopic (exact) mass is 361 g/mol. The number of nitrogens with zero attached hydrogens (tertiary/aromatic N) is 1. The van der Waals surface area contributed by atoms with E-state index in [4.69, 9.17) is 16.3 Å². The van der Waals surface area contributed by atoms with Gasteiger partial charge in [0.15, 0.2) is 0 Å². The topological polar surface area (TPSA) is 63.2 Å². The third kappa shape index (κ3) is 6.63. The van der Waals surface area contributed by atoms with Crippen molar-refractivity contribution in [2.75, 3.05) is 18.5 Å². The minimum Gasteiger partial charge on any atom is -0.494 e. The molecule has 2 rings (SSSR count). The largest absolute Gasteiger partial charge is 0.494 e. The molecule has 0 bridgehead atoms. The number of halogens is 1. The summed E-state index contributed by atoms with van der Waals surface area (Å²) in [5, 5.41) is 5.92. The highest BCUT2D eigenvalue weighted by Crippen LogP contribution is 2.24. The van der Waals surface area contributed by atoms with Gasteiger partial charge < -0.3 is 10.1 Å². The maximum atomic E-state index is 11.7. The smallest absolute Gasteiger partial charge is 0.320 e. The summed E-state index contributed by atoms with van der Waals surface area (Å²) < 4.78 is 5.69. The molecule has 2 aromatic rings. The number of benzene rings is 1. The van der Waals surface area contributed by atoms with E-state index >= 15 is 0 Å². The number of hydrogen-bond donors (Lipinski definition) is 2. The molecule has 6 heteroatoms. The Morgan fingerprint density at radius 3 is 2.48 bits per heavy atom. The van der Waals surface area contributed by atoms with Crippen molar-refractivity contribution in [2.24, 2.45) is 0 Å². The Bertz CT molecular complexity index is 679. The Labute approximate surface area is 153 Å². The van der Waals surface area contributed by atoms with E-state index in [1.165, 1.54) is 11.8 Å². The van der Waals surface area contributed by atoms with Gasteiger partial charge >= 0.3 is 6.03 Å². The lowest BCUT2D eigenvalue weighted by molar-refractivity contribution is 0.250. The molecule has 0 aliphatic heterocycles. The van der Waals surface area contributed by atoms with Crippen molar-refractivity contribution in [1.82, 2.24) is 10.3 Å². The molecule has 0 unspecified atom stereocenters. The van der Waals surface area contributed by atoms with Gasteiger partial charge in [-0.05, 0) is 41.7 Å². The fraction of sp³-hybridized carbons (Fsp3) is 0.368. The third-order valence-electron chi connectivity index (χ3n) is 3.56. The van der Waals surface area contributed by atoms with Gasteiger partial charge in [-0.25, -0.2) is 9.78 Å². The number of urea groups is 1. The van der Waals surface area contributed by atoms with Crippen LogP contribution in [0, 0.1) is 0 Å². The second-order valence-electron chi connectivity index (χ2n) is 6.72. The number of carbonyl (C=O) groups excluding carboxylic acids is 1. The molecule has 2 amide bonds. The Balaban J connectivity index is 1.64. The molecule has 0 atom stereocenters. The van der Waals surface area contributed by atoms with Crippen LogP contribution in [0.4, 0.5) is 10.6 Å². The van der Waals surface area contributed by atoms with Gasteiger partial charge in [-0.1, -0.05) is 44.5 Å². The highest BCUT2D eigenvalue weighted by Gasteiger charge is 2.12. The number of ether oxygens (including phenoxy) is 1. The summed E-state index contributed by atoms with van der Waals surface area (Å²) in [4.78, 5) is 15.7. The maximum absolute atomic E-state index is 11.7. The van der Waals surface area contributed by atoms with Crippen LogP contribution in [0.3, 0.4) is 0 Å². The minimum atomic E-state index is -0.302. The van der Waals surface area contributed by atoms with Crippen LogP contribution >= 0.6 is 11.6 Å². The fourth-order valence-electron chi connectivity index (χ4n) is 2.13. The lowest BCUT2D eigenvalue weighted by Crippen LogP contribution is -2.30. The number of amides is 2. The first kappa shape index (κ1) is 19.1. The molecule has 2 N–H and O–H groups in total. The molecular weight excluding hydrogens is 338 g/mol. The Morgan fingerprint density at radius 2 is 1.88 bits per heavy atom. The van der Waals surface area contributed by atoms with Gasteiger partial charge in [0.25, 0.3) is 0 Å². The molecule has 1 heterocycles. The third-order valence-corrected chi connectivity index (χ3v) is 3.79. The zero-order valence-corrected chi connectivity index (χ0v) is 15.6. The SMILES string of the molecule is CC(C)(C)c1ccc(OCCCNC(=O)Nc2ccc(Cl)cn2)cc1. The van der Waals surface area contributed by atoms with Crippen LogP contribution in [0.1, 0.15) is 32.8 Å². The van der Waals surface area contributed by atoms with E-state index in [2.05, 4.69) is 48.5 Å². The van der Waals surface area contributed by atoms with Crippen molar-refractivity contribution in [1.29, 1.82) is 0 Å². The molecule has 0 fully saturated rings. The number of hydrogen-bond acceptors (Lipinski definition) is 3. The van der Waals surface area contributed by atoms with Gasteiger partial charge in [-0.2, -0.15) is 0 Å². The van der Waals surface area contributed by atoms with E-state index < -0.39 is 0 Å². The van der Waals surface area contributed by atoms with Crippen molar-refractivity contribution < 1.29 is 9.53 Å². The number of pyridine rings is 1. The summed E-state index contributed by atoms with van der Waals surface area (Å²) in [7, 11) is 0. The Hall–Kier alpha value is -2.27. The van der Waals surface area contributed by atoms with Crippen molar-refractivity contribution in [3.05, 3.63) is 53.2 Å². The first-order valence-electron chi connectivity index (χ1n) is 8.24. The van der Waals surface area contributed by atoms with Crippen LogP contribution in [0.5, 0.6) is 5.75 Å². The van der Waals surface area contributed by atoms with E-state index in [1.807, 2.05) is 12.1 Å². The molecule has 5 nitrogen and oxygen atoms in total. The maximum Gasteiger partial charge on any atom is 0.320 e. The summed E-state index contributed by atoms with van der Waals surface area (Å²) in [6, 6.07) is 11.1. The van der Waals surface area contributed by atoms with Gasteiger partial charge in [-0.3, -0.25) is 5.32 Å². The van der Waals surface area contributed by atoms with Crippen LogP contribution in [-0.4, -0.2) is 24.2 Å². The average Bonchev–Trinajstić information content (AvgIpc) is 2.56. The lowest BCUT2D eigenvalue weighted by atomic mass is 9.87. The van der Waals surface area contributed by atoms with Crippen LogP contribution < -0.4 is 15.4 Å². The highest BCUT2D eigenvalue weighted by atomic mass is 35.5.